The van der Waals surface area contributed by atoms with E-state index >= 15 is 0 Å². The molecule has 0 aliphatic heterocycles. The summed E-state index contributed by atoms with van der Waals surface area (Å²) in [5.74, 6) is 0. The normalized spacial score (nSPS) is 11.0. The van der Waals surface area contributed by atoms with E-state index in [-0.39, 0.29) is 5.56 Å². The number of ether oxygens (including phenoxy) is 1. The van der Waals surface area contributed by atoms with Gasteiger partial charge in [-0.3, -0.25) is 10.2 Å². The standard InChI is InChI=1S/C16H20N4O2S/c1-2-22-9-5-8-17-16(23)20-18-11-13-10-12-6-3-4-7-14(12)19-15(13)21/h3-4,6-7,10-11H,2,5,8-9H2,1H3,(H,19,21)(H2,17,20,23)/b18-11+. The van der Waals surface area contributed by atoms with Gasteiger partial charge in [0.15, 0.2) is 5.11 Å². The van der Waals surface area contributed by atoms with Crippen LogP contribution in [-0.2, 0) is 4.74 Å². The van der Waals surface area contributed by atoms with Crippen molar-refractivity contribution in [1.29, 1.82) is 0 Å². The summed E-state index contributed by atoms with van der Waals surface area (Å²) in [6.07, 6.45) is 2.32. The fourth-order valence-electron chi connectivity index (χ4n) is 1.98. The number of rotatable bonds is 7. The monoisotopic (exact) mass is 332 g/mol. The van der Waals surface area contributed by atoms with Gasteiger partial charge in [-0.1, -0.05) is 18.2 Å². The molecule has 1 aromatic heterocycles. The Morgan fingerprint density at radius 3 is 3.09 bits per heavy atom. The molecule has 0 atom stereocenters. The largest absolute Gasteiger partial charge is 0.382 e. The topological polar surface area (TPSA) is 78.5 Å². The van der Waals surface area contributed by atoms with E-state index in [1.54, 1.807) is 6.07 Å². The fraction of sp³-hybridized carbons (Fsp3) is 0.312. The molecule has 7 heteroatoms. The van der Waals surface area contributed by atoms with Crippen LogP contribution >= 0.6 is 12.2 Å². The van der Waals surface area contributed by atoms with Crippen molar-refractivity contribution in [3.8, 4) is 0 Å². The minimum absolute atomic E-state index is 0.190. The Morgan fingerprint density at radius 1 is 1.43 bits per heavy atom. The molecule has 0 amide bonds. The predicted molar refractivity (Wildman–Crippen MR) is 97.0 cm³/mol. The molecule has 0 aliphatic carbocycles. The van der Waals surface area contributed by atoms with Gasteiger partial charge in [0.2, 0.25) is 0 Å². The van der Waals surface area contributed by atoms with Gasteiger partial charge in [-0.05, 0) is 43.1 Å². The van der Waals surface area contributed by atoms with E-state index in [0.29, 0.717) is 30.4 Å². The van der Waals surface area contributed by atoms with Crippen LogP contribution in [0.15, 0.2) is 40.2 Å². The van der Waals surface area contributed by atoms with Crippen LogP contribution in [0.5, 0.6) is 0 Å². The smallest absolute Gasteiger partial charge is 0.257 e. The molecule has 0 aliphatic rings. The number of aromatic nitrogens is 1. The molecule has 0 bridgehead atoms. The number of aromatic amines is 1. The fourth-order valence-corrected chi connectivity index (χ4v) is 2.14. The van der Waals surface area contributed by atoms with E-state index in [1.807, 2.05) is 31.2 Å². The molecule has 3 N–H and O–H groups in total. The second-order valence-corrected chi connectivity index (χ2v) is 5.23. The van der Waals surface area contributed by atoms with Crippen molar-refractivity contribution in [3.63, 3.8) is 0 Å². The average molecular weight is 332 g/mol. The first kappa shape index (κ1) is 17.1. The summed E-state index contributed by atoms with van der Waals surface area (Å²) in [4.78, 5) is 14.8. The highest BCUT2D eigenvalue weighted by Gasteiger charge is 2.00. The zero-order valence-electron chi connectivity index (χ0n) is 13.0. The summed E-state index contributed by atoms with van der Waals surface area (Å²) >= 11 is 5.09. The lowest BCUT2D eigenvalue weighted by Crippen LogP contribution is -2.33. The van der Waals surface area contributed by atoms with Crippen LogP contribution in [0.3, 0.4) is 0 Å². The molecule has 0 radical (unpaired) electrons. The number of pyridine rings is 1. The molecule has 0 saturated carbocycles. The molecule has 6 nitrogen and oxygen atoms in total. The number of para-hydroxylation sites is 1. The Kier molecular flexibility index (Phi) is 6.71. The van der Waals surface area contributed by atoms with Crippen LogP contribution in [0.4, 0.5) is 0 Å². The average Bonchev–Trinajstić information content (AvgIpc) is 2.55. The molecular weight excluding hydrogens is 312 g/mol. The maximum Gasteiger partial charge on any atom is 0.257 e. The van der Waals surface area contributed by atoms with E-state index in [2.05, 4.69) is 20.8 Å². The predicted octanol–water partition coefficient (Wildman–Crippen LogP) is 1.75. The number of H-pyrrole nitrogens is 1. The number of nitrogens with zero attached hydrogens (tertiary/aromatic N) is 1. The van der Waals surface area contributed by atoms with E-state index in [4.69, 9.17) is 17.0 Å². The third-order valence-electron chi connectivity index (χ3n) is 3.11. The zero-order valence-corrected chi connectivity index (χ0v) is 13.8. The van der Waals surface area contributed by atoms with Crippen LogP contribution in [0.1, 0.15) is 18.9 Å². The lowest BCUT2D eigenvalue weighted by atomic mass is 10.2. The molecule has 23 heavy (non-hydrogen) atoms. The first-order valence-electron chi connectivity index (χ1n) is 7.47. The van der Waals surface area contributed by atoms with Gasteiger partial charge in [0.25, 0.3) is 5.56 Å². The van der Waals surface area contributed by atoms with Crippen molar-refractivity contribution in [2.24, 2.45) is 5.10 Å². The number of hydrogen-bond acceptors (Lipinski definition) is 4. The lowest BCUT2D eigenvalue weighted by molar-refractivity contribution is 0.145. The van der Waals surface area contributed by atoms with Crippen LogP contribution < -0.4 is 16.3 Å². The molecule has 1 aromatic carbocycles. The van der Waals surface area contributed by atoms with Crippen LogP contribution in [0.25, 0.3) is 10.9 Å². The summed E-state index contributed by atoms with van der Waals surface area (Å²) < 4.78 is 5.23. The van der Waals surface area contributed by atoms with Crippen molar-refractivity contribution in [1.82, 2.24) is 15.7 Å². The maximum absolute atomic E-state index is 11.9. The Morgan fingerprint density at radius 2 is 2.26 bits per heavy atom. The summed E-state index contributed by atoms with van der Waals surface area (Å²) in [6.45, 7) is 4.08. The number of thiocarbonyl (C=S) groups is 1. The van der Waals surface area contributed by atoms with Crippen molar-refractivity contribution >= 4 is 34.4 Å². The van der Waals surface area contributed by atoms with Crippen molar-refractivity contribution in [2.75, 3.05) is 19.8 Å². The van der Waals surface area contributed by atoms with Crippen LogP contribution in [0.2, 0.25) is 0 Å². The summed E-state index contributed by atoms with van der Waals surface area (Å²) in [7, 11) is 0. The molecule has 0 saturated heterocycles. The SMILES string of the molecule is CCOCCCNC(=S)N/N=C/c1cc2ccccc2[nH]c1=O. The van der Waals surface area contributed by atoms with E-state index in [1.165, 1.54) is 6.21 Å². The van der Waals surface area contributed by atoms with Gasteiger partial charge in [-0.2, -0.15) is 5.10 Å². The number of fused-ring (bicyclic) bond motifs is 1. The van der Waals surface area contributed by atoms with Crippen molar-refractivity contribution in [2.45, 2.75) is 13.3 Å². The van der Waals surface area contributed by atoms with E-state index < -0.39 is 0 Å². The minimum Gasteiger partial charge on any atom is -0.382 e. The van der Waals surface area contributed by atoms with Crippen LogP contribution in [-0.4, -0.2) is 36.1 Å². The minimum atomic E-state index is -0.190. The van der Waals surface area contributed by atoms with Gasteiger partial charge in [0, 0.05) is 25.3 Å². The quantitative estimate of drug-likeness (QED) is 0.312. The maximum atomic E-state index is 11.9. The molecule has 1 heterocycles. The van der Waals surface area contributed by atoms with E-state index in [0.717, 1.165) is 17.3 Å². The third kappa shape index (κ3) is 5.46. The molecule has 0 spiro atoms. The van der Waals surface area contributed by atoms with E-state index in [9.17, 15) is 4.79 Å². The van der Waals surface area contributed by atoms with Gasteiger partial charge in [-0.25, -0.2) is 0 Å². The Hall–Kier alpha value is -2.25. The number of hydrogen-bond donors (Lipinski definition) is 3. The molecule has 122 valence electrons. The number of nitrogens with one attached hydrogen (secondary N) is 3. The Bertz CT molecular complexity index is 742. The second kappa shape index (κ2) is 9.02. The van der Waals surface area contributed by atoms with Crippen LogP contribution in [0, 0.1) is 0 Å². The highest BCUT2D eigenvalue weighted by atomic mass is 32.1. The van der Waals surface area contributed by atoms with Gasteiger partial charge in [-0.15, -0.1) is 0 Å². The highest BCUT2D eigenvalue weighted by molar-refractivity contribution is 7.80. The van der Waals surface area contributed by atoms with Gasteiger partial charge < -0.3 is 15.0 Å². The van der Waals surface area contributed by atoms with Gasteiger partial charge in [0.05, 0.1) is 11.8 Å². The Labute approximate surface area is 139 Å². The second-order valence-electron chi connectivity index (χ2n) is 4.82. The van der Waals surface area contributed by atoms with Gasteiger partial charge in [0.1, 0.15) is 0 Å². The summed E-state index contributed by atoms with van der Waals surface area (Å²) in [5, 5.41) is 8.37. The highest BCUT2D eigenvalue weighted by Crippen LogP contribution is 2.08. The first-order chi connectivity index (χ1) is 11.2. The Balaban J connectivity index is 1.87. The molecule has 0 fully saturated rings. The van der Waals surface area contributed by atoms with Crippen molar-refractivity contribution in [3.05, 3.63) is 46.2 Å². The molecule has 0 unspecified atom stereocenters. The lowest BCUT2D eigenvalue weighted by Gasteiger charge is -2.06. The molecule has 2 aromatic rings. The van der Waals surface area contributed by atoms with Gasteiger partial charge >= 0.3 is 0 Å². The number of benzene rings is 1. The molecular formula is C16H20N4O2S. The van der Waals surface area contributed by atoms with Crippen molar-refractivity contribution < 1.29 is 4.74 Å². The first-order valence-corrected chi connectivity index (χ1v) is 7.88. The summed E-state index contributed by atoms with van der Waals surface area (Å²) in [6, 6.07) is 9.38. The molecule has 2 rings (SSSR count). The third-order valence-corrected chi connectivity index (χ3v) is 3.34. The number of hydrazone groups is 1. The summed E-state index contributed by atoms with van der Waals surface area (Å²) in [5.41, 5.74) is 3.77. The zero-order chi connectivity index (χ0) is 16.5.